The summed E-state index contributed by atoms with van der Waals surface area (Å²) >= 11 is 0. The maximum atomic E-state index is 13.8. The van der Waals surface area contributed by atoms with E-state index in [1.807, 2.05) is 7.05 Å². The normalized spacial score (nSPS) is 18.1. The molecule has 1 aliphatic rings. The summed E-state index contributed by atoms with van der Waals surface area (Å²) in [6, 6.07) is 4.61. The fourth-order valence-corrected chi connectivity index (χ4v) is 2.15. The summed E-state index contributed by atoms with van der Waals surface area (Å²) < 4.78 is 18.7. The van der Waals surface area contributed by atoms with E-state index in [4.69, 9.17) is 4.74 Å². The Hall–Kier alpha value is -1.33. The standard InChI is InChI=1S/C13H17FN2O2.ClH/c1-15-9-5-6-16(8-9)13(17)11-4-3-10(18-2)7-12(11)14;/h3-4,7,9,15H,5-6,8H2,1-2H3;1H. The van der Waals surface area contributed by atoms with E-state index in [9.17, 15) is 9.18 Å². The lowest BCUT2D eigenvalue weighted by atomic mass is 10.2. The smallest absolute Gasteiger partial charge is 0.256 e. The highest BCUT2D eigenvalue weighted by molar-refractivity contribution is 5.94. The summed E-state index contributed by atoms with van der Waals surface area (Å²) in [6.45, 7) is 1.29. The van der Waals surface area contributed by atoms with Gasteiger partial charge in [-0.05, 0) is 25.6 Å². The van der Waals surface area contributed by atoms with Crippen molar-refractivity contribution >= 4 is 18.3 Å². The molecule has 0 spiro atoms. The Kier molecular flexibility index (Phi) is 5.57. The summed E-state index contributed by atoms with van der Waals surface area (Å²) in [4.78, 5) is 13.8. The van der Waals surface area contributed by atoms with Gasteiger partial charge in [-0.2, -0.15) is 0 Å². The van der Waals surface area contributed by atoms with Gasteiger partial charge in [0, 0.05) is 25.2 Å². The first-order chi connectivity index (χ1) is 8.65. The molecule has 1 aromatic rings. The third kappa shape index (κ3) is 3.36. The van der Waals surface area contributed by atoms with Crippen molar-refractivity contribution in [2.75, 3.05) is 27.2 Å². The Morgan fingerprint density at radius 1 is 1.53 bits per heavy atom. The van der Waals surface area contributed by atoms with Gasteiger partial charge in [-0.25, -0.2) is 4.39 Å². The van der Waals surface area contributed by atoms with Crippen molar-refractivity contribution in [1.29, 1.82) is 0 Å². The van der Waals surface area contributed by atoms with Crippen molar-refractivity contribution in [3.05, 3.63) is 29.6 Å². The van der Waals surface area contributed by atoms with Gasteiger partial charge in [0.1, 0.15) is 11.6 Å². The fourth-order valence-electron chi connectivity index (χ4n) is 2.15. The second-order valence-corrected chi connectivity index (χ2v) is 4.37. The molecule has 1 N–H and O–H groups in total. The molecule has 0 aliphatic carbocycles. The molecule has 19 heavy (non-hydrogen) atoms. The van der Waals surface area contributed by atoms with Crippen LogP contribution >= 0.6 is 12.4 Å². The van der Waals surface area contributed by atoms with E-state index in [-0.39, 0.29) is 23.9 Å². The maximum Gasteiger partial charge on any atom is 0.256 e. The minimum Gasteiger partial charge on any atom is -0.497 e. The molecule has 0 aromatic heterocycles. The molecular formula is C13H18ClFN2O2. The van der Waals surface area contributed by atoms with Crippen molar-refractivity contribution in [1.82, 2.24) is 10.2 Å². The minimum absolute atomic E-state index is 0. The number of carbonyl (C=O) groups is 1. The van der Waals surface area contributed by atoms with Gasteiger partial charge < -0.3 is 15.0 Å². The van der Waals surface area contributed by atoms with Crippen molar-refractivity contribution in [2.24, 2.45) is 0 Å². The Balaban J connectivity index is 0.00000180. The van der Waals surface area contributed by atoms with Crippen molar-refractivity contribution in [2.45, 2.75) is 12.5 Å². The SMILES string of the molecule is CNC1CCN(C(=O)c2ccc(OC)cc2F)C1.Cl. The molecule has 0 saturated carbocycles. The second kappa shape index (κ2) is 6.73. The first kappa shape index (κ1) is 15.7. The van der Waals surface area contributed by atoms with Crippen molar-refractivity contribution in [3.63, 3.8) is 0 Å². The van der Waals surface area contributed by atoms with Crippen LogP contribution in [0.25, 0.3) is 0 Å². The van der Waals surface area contributed by atoms with E-state index in [0.29, 0.717) is 24.9 Å². The Bertz CT molecular complexity index is 456. The van der Waals surface area contributed by atoms with Gasteiger partial charge in [0.15, 0.2) is 0 Å². The van der Waals surface area contributed by atoms with Gasteiger partial charge in [0.05, 0.1) is 12.7 Å². The van der Waals surface area contributed by atoms with E-state index in [0.717, 1.165) is 6.42 Å². The Morgan fingerprint density at radius 3 is 2.79 bits per heavy atom. The average Bonchev–Trinajstić information content (AvgIpc) is 2.86. The molecule has 1 saturated heterocycles. The number of benzene rings is 1. The van der Waals surface area contributed by atoms with Crippen LogP contribution < -0.4 is 10.1 Å². The predicted molar refractivity (Wildman–Crippen MR) is 73.6 cm³/mol. The monoisotopic (exact) mass is 288 g/mol. The molecular weight excluding hydrogens is 271 g/mol. The first-order valence-electron chi connectivity index (χ1n) is 5.95. The molecule has 0 bridgehead atoms. The van der Waals surface area contributed by atoms with Gasteiger partial charge in [0.25, 0.3) is 5.91 Å². The van der Waals surface area contributed by atoms with Crippen LogP contribution in [0, 0.1) is 5.82 Å². The number of halogens is 2. The van der Waals surface area contributed by atoms with Crippen molar-refractivity contribution < 1.29 is 13.9 Å². The number of rotatable bonds is 3. The van der Waals surface area contributed by atoms with Gasteiger partial charge in [0.2, 0.25) is 0 Å². The highest BCUT2D eigenvalue weighted by Gasteiger charge is 2.27. The highest BCUT2D eigenvalue weighted by Crippen LogP contribution is 2.19. The van der Waals surface area contributed by atoms with E-state index < -0.39 is 5.82 Å². The molecule has 1 fully saturated rings. The molecule has 6 heteroatoms. The number of carbonyl (C=O) groups excluding carboxylic acids is 1. The van der Waals surface area contributed by atoms with Gasteiger partial charge in [-0.15, -0.1) is 12.4 Å². The third-order valence-corrected chi connectivity index (χ3v) is 3.29. The lowest BCUT2D eigenvalue weighted by molar-refractivity contribution is 0.0785. The second-order valence-electron chi connectivity index (χ2n) is 4.37. The number of hydrogen-bond donors (Lipinski definition) is 1. The molecule has 1 unspecified atom stereocenters. The molecule has 1 aliphatic heterocycles. The number of hydrogen-bond acceptors (Lipinski definition) is 3. The zero-order valence-corrected chi connectivity index (χ0v) is 11.8. The number of likely N-dealkylation sites (N-methyl/N-ethyl adjacent to an activating group) is 1. The quantitative estimate of drug-likeness (QED) is 0.920. The molecule has 1 amide bonds. The van der Waals surface area contributed by atoms with Crippen LogP contribution in [0.5, 0.6) is 5.75 Å². The Labute approximate surface area is 118 Å². The summed E-state index contributed by atoms with van der Waals surface area (Å²) in [5, 5.41) is 3.13. The van der Waals surface area contributed by atoms with Crippen LogP contribution in [0.3, 0.4) is 0 Å². The van der Waals surface area contributed by atoms with Crippen LogP contribution in [0.15, 0.2) is 18.2 Å². The number of nitrogens with one attached hydrogen (secondary N) is 1. The lowest BCUT2D eigenvalue weighted by Gasteiger charge is -2.17. The van der Waals surface area contributed by atoms with Crippen LogP contribution in [-0.4, -0.2) is 44.1 Å². The molecule has 2 rings (SSSR count). The van der Waals surface area contributed by atoms with Crippen LogP contribution in [0.1, 0.15) is 16.8 Å². The summed E-state index contributed by atoms with van der Waals surface area (Å²) in [5.74, 6) is -0.376. The van der Waals surface area contributed by atoms with E-state index >= 15 is 0 Å². The molecule has 4 nitrogen and oxygen atoms in total. The highest BCUT2D eigenvalue weighted by atomic mass is 35.5. The minimum atomic E-state index is -0.535. The number of nitrogens with zero attached hydrogens (tertiary/aromatic N) is 1. The fraction of sp³-hybridized carbons (Fsp3) is 0.462. The zero-order chi connectivity index (χ0) is 13.1. The summed E-state index contributed by atoms with van der Waals surface area (Å²) in [7, 11) is 3.33. The van der Waals surface area contributed by atoms with E-state index in [2.05, 4.69) is 5.32 Å². The third-order valence-electron chi connectivity index (χ3n) is 3.29. The lowest BCUT2D eigenvalue weighted by Crippen LogP contribution is -2.33. The van der Waals surface area contributed by atoms with Crippen LogP contribution in [-0.2, 0) is 0 Å². The average molecular weight is 289 g/mol. The summed E-state index contributed by atoms with van der Waals surface area (Å²) in [6.07, 6.45) is 0.903. The largest absolute Gasteiger partial charge is 0.497 e. The van der Waals surface area contributed by atoms with Gasteiger partial charge in [-0.3, -0.25) is 4.79 Å². The first-order valence-corrected chi connectivity index (χ1v) is 5.95. The maximum absolute atomic E-state index is 13.8. The van der Waals surface area contributed by atoms with E-state index in [1.54, 1.807) is 11.0 Å². The topological polar surface area (TPSA) is 41.6 Å². The molecule has 0 radical (unpaired) electrons. The number of amides is 1. The molecule has 106 valence electrons. The number of methoxy groups -OCH3 is 1. The Morgan fingerprint density at radius 2 is 2.26 bits per heavy atom. The van der Waals surface area contributed by atoms with Gasteiger partial charge >= 0.3 is 0 Å². The van der Waals surface area contributed by atoms with Crippen LogP contribution in [0.2, 0.25) is 0 Å². The van der Waals surface area contributed by atoms with Crippen molar-refractivity contribution in [3.8, 4) is 5.75 Å². The van der Waals surface area contributed by atoms with E-state index in [1.165, 1.54) is 19.2 Å². The number of ether oxygens (including phenoxy) is 1. The predicted octanol–water partition coefficient (Wildman–Crippen LogP) is 1.69. The molecule has 1 heterocycles. The zero-order valence-electron chi connectivity index (χ0n) is 11.0. The van der Waals surface area contributed by atoms with Gasteiger partial charge in [-0.1, -0.05) is 0 Å². The summed E-state index contributed by atoms with van der Waals surface area (Å²) in [5.41, 5.74) is 0.104. The van der Waals surface area contributed by atoms with Crippen LogP contribution in [0.4, 0.5) is 4.39 Å². The molecule has 1 aromatic carbocycles. The number of likely N-dealkylation sites (tertiary alicyclic amines) is 1. The molecule has 1 atom stereocenters.